The van der Waals surface area contributed by atoms with E-state index in [2.05, 4.69) is 146 Å². The lowest BCUT2D eigenvalue weighted by atomic mass is 9.66. The predicted molar refractivity (Wildman–Crippen MR) is 231 cm³/mol. The third kappa shape index (κ3) is 5.15. The summed E-state index contributed by atoms with van der Waals surface area (Å²) in [4.78, 5) is 10.1. The topological polar surface area (TPSA) is 58.8 Å². The molecule has 0 amide bonds. The highest BCUT2D eigenvalue weighted by Crippen LogP contribution is 2.64. The van der Waals surface area contributed by atoms with Crippen molar-refractivity contribution in [2.45, 2.75) is 5.41 Å². The minimum absolute atomic E-state index is 0.628. The van der Waals surface area contributed by atoms with E-state index < -0.39 is 5.41 Å². The smallest absolute Gasteiger partial charge is 0.160 e. The van der Waals surface area contributed by atoms with Crippen LogP contribution < -0.4 is 4.74 Å². The molecule has 9 aromatic rings. The van der Waals surface area contributed by atoms with Gasteiger partial charge in [0.1, 0.15) is 11.5 Å². The Morgan fingerprint density at radius 2 is 0.828 bits per heavy atom. The third-order valence-corrected chi connectivity index (χ3v) is 11.6. The van der Waals surface area contributed by atoms with E-state index in [0.717, 1.165) is 73.0 Å². The zero-order valence-electron chi connectivity index (χ0n) is 31.3. The molecule has 2 heterocycles. The number of benzene rings is 8. The molecule has 0 saturated carbocycles. The maximum atomic E-state index is 9.65. The van der Waals surface area contributed by atoms with Gasteiger partial charge in [-0.15, -0.1) is 0 Å². The summed E-state index contributed by atoms with van der Waals surface area (Å²) in [6.07, 6.45) is 0. The average molecular weight is 740 g/mol. The van der Waals surface area contributed by atoms with Crippen LogP contribution in [0.3, 0.4) is 0 Å². The van der Waals surface area contributed by atoms with Gasteiger partial charge >= 0.3 is 0 Å². The molecule has 1 aliphatic carbocycles. The lowest BCUT2D eigenvalue weighted by Gasteiger charge is -2.39. The van der Waals surface area contributed by atoms with E-state index in [1.165, 1.54) is 22.3 Å². The quantitative estimate of drug-likeness (QED) is 0.176. The molecular formula is C54H33N3O. The first kappa shape index (κ1) is 33.5. The SMILES string of the molecule is N#Cc1ccc(-c2cccc3c2-c2c(-c4ccc(-c5cc(-c6ccccc6)nc(-c6ccccc6)n5)cc4)cccc2C32c3ccccc3Oc3ccccc32)cc1. The Morgan fingerprint density at radius 1 is 0.397 bits per heavy atom. The summed E-state index contributed by atoms with van der Waals surface area (Å²) in [7, 11) is 0. The first-order valence-corrected chi connectivity index (χ1v) is 19.5. The number of hydrogen-bond donors (Lipinski definition) is 0. The molecule has 11 rings (SSSR count). The predicted octanol–water partition coefficient (Wildman–Crippen LogP) is 13.2. The molecule has 4 heteroatoms. The van der Waals surface area contributed by atoms with Crippen molar-refractivity contribution >= 4 is 0 Å². The minimum atomic E-state index is -0.628. The van der Waals surface area contributed by atoms with Crippen LogP contribution in [-0.4, -0.2) is 9.97 Å². The van der Waals surface area contributed by atoms with Crippen molar-refractivity contribution in [3.63, 3.8) is 0 Å². The van der Waals surface area contributed by atoms with E-state index >= 15 is 0 Å². The Kier molecular flexibility index (Phi) is 7.74. The van der Waals surface area contributed by atoms with Crippen LogP contribution in [-0.2, 0) is 5.41 Å². The Labute approximate surface area is 337 Å². The summed E-state index contributed by atoms with van der Waals surface area (Å²) in [5.74, 6) is 2.40. The van der Waals surface area contributed by atoms with Gasteiger partial charge in [0.25, 0.3) is 0 Å². The number of rotatable bonds is 5. The number of para-hydroxylation sites is 2. The van der Waals surface area contributed by atoms with Gasteiger partial charge in [-0.25, -0.2) is 9.97 Å². The van der Waals surface area contributed by atoms with Crippen molar-refractivity contribution in [1.29, 1.82) is 5.26 Å². The van der Waals surface area contributed by atoms with Crippen LogP contribution in [0, 0.1) is 11.3 Å². The van der Waals surface area contributed by atoms with E-state index in [4.69, 9.17) is 14.7 Å². The molecule has 1 spiro atoms. The summed E-state index contributed by atoms with van der Waals surface area (Å²) in [5.41, 5.74) is 16.2. The van der Waals surface area contributed by atoms with Gasteiger partial charge in [-0.2, -0.15) is 5.26 Å². The van der Waals surface area contributed by atoms with Crippen LogP contribution in [0.2, 0.25) is 0 Å². The number of nitrogens with zero attached hydrogens (tertiary/aromatic N) is 3. The molecule has 1 aliphatic heterocycles. The molecule has 0 radical (unpaired) electrons. The van der Waals surface area contributed by atoms with Crippen LogP contribution in [0.25, 0.3) is 67.3 Å². The third-order valence-electron chi connectivity index (χ3n) is 11.6. The number of aromatic nitrogens is 2. The Balaban J connectivity index is 1.13. The number of ether oxygens (including phenoxy) is 1. The van der Waals surface area contributed by atoms with Gasteiger partial charge in [0.05, 0.1) is 28.4 Å². The van der Waals surface area contributed by atoms with Crippen molar-refractivity contribution < 1.29 is 4.74 Å². The highest BCUT2D eigenvalue weighted by Gasteiger charge is 2.52. The van der Waals surface area contributed by atoms with Crippen molar-refractivity contribution in [2.24, 2.45) is 0 Å². The minimum Gasteiger partial charge on any atom is -0.457 e. The van der Waals surface area contributed by atoms with Crippen molar-refractivity contribution in [2.75, 3.05) is 0 Å². The molecule has 8 aromatic carbocycles. The van der Waals surface area contributed by atoms with Gasteiger partial charge in [0, 0.05) is 27.8 Å². The highest BCUT2D eigenvalue weighted by molar-refractivity contribution is 6.02. The van der Waals surface area contributed by atoms with Crippen LogP contribution in [0.1, 0.15) is 27.8 Å². The maximum absolute atomic E-state index is 9.65. The maximum Gasteiger partial charge on any atom is 0.160 e. The van der Waals surface area contributed by atoms with E-state index in [0.29, 0.717) is 11.4 Å². The fourth-order valence-corrected chi connectivity index (χ4v) is 9.08. The number of hydrogen-bond acceptors (Lipinski definition) is 4. The zero-order valence-corrected chi connectivity index (χ0v) is 31.3. The van der Waals surface area contributed by atoms with Gasteiger partial charge < -0.3 is 4.74 Å². The molecule has 0 fully saturated rings. The fourth-order valence-electron chi connectivity index (χ4n) is 9.08. The van der Waals surface area contributed by atoms with Crippen LogP contribution in [0.15, 0.2) is 200 Å². The Hall–Kier alpha value is -7.87. The van der Waals surface area contributed by atoms with Crippen LogP contribution >= 0.6 is 0 Å². The van der Waals surface area contributed by atoms with Gasteiger partial charge in [0.2, 0.25) is 0 Å². The largest absolute Gasteiger partial charge is 0.457 e. The summed E-state index contributed by atoms with van der Waals surface area (Å²) >= 11 is 0. The van der Waals surface area contributed by atoms with Gasteiger partial charge in [-0.1, -0.05) is 170 Å². The normalized spacial score (nSPS) is 12.7. The van der Waals surface area contributed by atoms with Crippen molar-refractivity contribution in [3.05, 3.63) is 228 Å². The second-order valence-corrected chi connectivity index (χ2v) is 14.8. The van der Waals surface area contributed by atoms with Crippen molar-refractivity contribution in [3.8, 4) is 84.9 Å². The standard InChI is InChI=1S/C54H33N3O/c55-34-35-25-27-36(28-26-35)41-17-11-21-45-51(41)52-42(18-12-22-46(52)54(45)43-19-7-9-23-49(43)58-50-24-10-8-20-44(50)54)37-29-31-39(32-30-37)48-33-47(38-13-3-1-4-14-38)56-53(57-48)40-15-5-2-6-16-40/h1-33H. The molecule has 0 atom stereocenters. The van der Waals surface area contributed by atoms with Crippen molar-refractivity contribution in [1.82, 2.24) is 9.97 Å². The lowest BCUT2D eigenvalue weighted by Crippen LogP contribution is -2.32. The zero-order chi connectivity index (χ0) is 38.6. The van der Waals surface area contributed by atoms with E-state index in [-0.39, 0.29) is 0 Å². The molecule has 2 aliphatic rings. The van der Waals surface area contributed by atoms with E-state index in [9.17, 15) is 5.26 Å². The van der Waals surface area contributed by atoms with Crippen LogP contribution in [0.4, 0.5) is 0 Å². The van der Waals surface area contributed by atoms with E-state index in [1.54, 1.807) is 0 Å². The molecule has 1 aromatic heterocycles. The molecule has 58 heavy (non-hydrogen) atoms. The Morgan fingerprint density at radius 3 is 1.36 bits per heavy atom. The summed E-state index contributed by atoms with van der Waals surface area (Å²) in [6, 6.07) is 71.9. The highest BCUT2D eigenvalue weighted by atomic mass is 16.5. The first-order valence-electron chi connectivity index (χ1n) is 19.5. The first-order chi connectivity index (χ1) is 28.7. The molecule has 0 N–H and O–H groups in total. The summed E-state index contributed by atoms with van der Waals surface area (Å²) in [5, 5.41) is 9.65. The van der Waals surface area contributed by atoms with E-state index in [1.807, 2.05) is 60.7 Å². The van der Waals surface area contributed by atoms with Gasteiger partial charge in [0.15, 0.2) is 5.82 Å². The molecule has 0 unspecified atom stereocenters. The summed E-state index contributed by atoms with van der Waals surface area (Å²) in [6.45, 7) is 0. The average Bonchev–Trinajstić information content (AvgIpc) is 3.60. The monoisotopic (exact) mass is 739 g/mol. The van der Waals surface area contributed by atoms with Gasteiger partial charge in [-0.3, -0.25) is 0 Å². The lowest BCUT2D eigenvalue weighted by molar-refractivity contribution is 0.436. The van der Waals surface area contributed by atoms with Gasteiger partial charge in [-0.05, 0) is 74.8 Å². The molecular weight excluding hydrogens is 707 g/mol. The van der Waals surface area contributed by atoms with Crippen LogP contribution in [0.5, 0.6) is 11.5 Å². The number of fused-ring (bicyclic) bond motifs is 9. The molecule has 270 valence electrons. The number of nitriles is 1. The molecule has 0 bridgehead atoms. The second kappa shape index (κ2) is 13.4. The molecule has 4 nitrogen and oxygen atoms in total. The second-order valence-electron chi connectivity index (χ2n) is 14.8. The molecule has 0 saturated heterocycles. The Bertz CT molecular complexity index is 2970. The summed E-state index contributed by atoms with van der Waals surface area (Å²) < 4.78 is 6.64. The fraction of sp³-hybridized carbons (Fsp3) is 0.0185.